The molecule has 0 radical (unpaired) electrons. The fourth-order valence-corrected chi connectivity index (χ4v) is 2.94. The molecule has 0 aliphatic carbocycles. The van der Waals surface area contributed by atoms with Crippen LogP contribution >= 0.6 is 0 Å². The summed E-state index contributed by atoms with van der Waals surface area (Å²) in [5, 5.41) is 0. The predicted molar refractivity (Wildman–Crippen MR) is 97.2 cm³/mol. The van der Waals surface area contributed by atoms with Crippen LogP contribution in [-0.2, 0) is 6.54 Å². The summed E-state index contributed by atoms with van der Waals surface area (Å²) in [6.45, 7) is 4.57. The second-order valence-electron chi connectivity index (χ2n) is 6.08. The molecule has 0 spiro atoms. The molecular weight excluding hydrogens is 300 g/mol. The number of hydrogen-bond acceptors (Lipinski definition) is 4. The van der Waals surface area contributed by atoms with E-state index in [0.717, 1.165) is 31.0 Å². The molecule has 0 amide bonds. The number of allylic oxidation sites excluding steroid dienone is 1. The molecule has 126 valence electrons. The van der Waals surface area contributed by atoms with Crippen LogP contribution in [0.1, 0.15) is 32.6 Å². The summed E-state index contributed by atoms with van der Waals surface area (Å²) in [4.78, 5) is 23.3. The first-order valence-corrected chi connectivity index (χ1v) is 8.72. The van der Waals surface area contributed by atoms with E-state index in [2.05, 4.69) is 29.0 Å². The van der Waals surface area contributed by atoms with E-state index < -0.39 is 0 Å². The van der Waals surface area contributed by atoms with Gasteiger partial charge in [-0.2, -0.15) is 0 Å². The Labute approximate surface area is 142 Å². The number of nitrogens with zero attached hydrogens (tertiary/aromatic N) is 4. The van der Waals surface area contributed by atoms with Gasteiger partial charge in [0.15, 0.2) is 0 Å². The minimum Gasteiger partial charge on any atom is -0.337 e. The molecule has 24 heavy (non-hydrogen) atoms. The maximum Gasteiger partial charge on any atom is 0.255 e. The van der Waals surface area contributed by atoms with Crippen LogP contribution in [-0.4, -0.2) is 27.6 Å². The van der Waals surface area contributed by atoms with Gasteiger partial charge in [0.2, 0.25) is 5.95 Å². The van der Waals surface area contributed by atoms with Gasteiger partial charge in [0.25, 0.3) is 5.56 Å². The van der Waals surface area contributed by atoms with Gasteiger partial charge in [0.05, 0.1) is 5.69 Å². The van der Waals surface area contributed by atoms with Crippen molar-refractivity contribution in [1.82, 2.24) is 14.5 Å². The van der Waals surface area contributed by atoms with Crippen molar-refractivity contribution >= 4 is 5.95 Å². The molecule has 3 rings (SSSR count). The highest BCUT2D eigenvalue weighted by Gasteiger charge is 2.21. The average Bonchev–Trinajstić information content (AvgIpc) is 3.02. The Hall–Kier alpha value is -2.43. The monoisotopic (exact) mass is 324 g/mol. The molecule has 0 bridgehead atoms. The van der Waals surface area contributed by atoms with Gasteiger partial charge in [-0.3, -0.25) is 14.3 Å². The van der Waals surface area contributed by atoms with Crippen molar-refractivity contribution in [3.05, 3.63) is 53.1 Å². The highest BCUT2D eigenvalue weighted by molar-refractivity contribution is 5.60. The van der Waals surface area contributed by atoms with Crippen molar-refractivity contribution in [2.45, 2.75) is 39.2 Å². The van der Waals surface area contributed by atoms with Crippen LogP contribution < -0.4 is 10.5 Å². The zero-order valence-corrected chi connectivity index (χ0v) is 14.2. The third kappa shape index (κ3) is 3.72. The molecule has 1 aliphatic rings. The van der Waals surface area contributed by atoms with Gasteiger partial charge >= 0.3 is 0 Å². The lowest BCUT2D eigenvalue weighted by Crippen LogP contribution is -2.23. The SMILES string of the molecule is CCCCCC=CCN1CCn2c1nc(-c1ccncc1)cc2=O. The maximum atomic E-state index is 12.4. The van der Waals surface area contributed by atoms with E-state index in [9.17, 15) is 4.79 Å². The van der Waals surface area contributed by atoms with Crippen LogP contribution in [0.15, 0.2) is 47.5 Å². The molecule has 2 aromatic heterocycles. The number of hydrogen-bond donors (Lipinski definition) is 0. The number of pyridine rings is 1. The number of rotatable bonds is 7. The predicted octanol–water partition coefficient (Wildman–Crippen LogP) is 3.26. The topological polar surface area (TPSA) is 51.0 Å². The summed E-state index contributed by atoms with van der Waals surface area (Å²) in [6.07, 6.45) is 12.8. The zero-order chi connectivity index (χ0) is 16.8. The fourth-order valence-electron chi connectivity index (χ4n) is 2.94. The van der Waals surface area contributed by atoms with Crippen LogP contribution in [0.5, 0.6) is 0 Å². The standard InChI is InChI=1S/C19H24N4O/c1-2-3-4-5-6-7-12-22-13-14-23-18(24)15-17(21-19(22)23)16-8-10-20-11-9-16/h6-11,15H,2-5,12-14H2,1H3. The summed E-state index contributed by atoms with van der Waals surface area (Å²) in [5.41, 5.74) is 1.65. The smallest absolute Gasteiger partial charge is 0.255 e. The van der Waals surface area contributed by atoms with Crippen LogP contribution in [0, 0.1) is 0 Å². The first-order chi connectivity index (χ1) is 11.8. The molecule has 1 aliphatic heterocycles. The molecule has 0 saturated heterocycles. The van der Waals surface area contributed by atoms with Crippen molar-refractivity contribution in [2.24, 2.45) is 0 Å². The second-order valence-corrected chi connectivity index (χ2v) is 6.08. The number of unbranched alkanes of at least 4 members (excludes halogenated alkanes) is 3. The van der Waals surface area contributed by atoms with Gasteiger partial charge in [-0.15, -0.1) is 0 Å². The third-order valence-corrected chi connectivity index (χ3v) is 4.31. The highest BCUT2D eigenvalue weighted by Crippen LogP contribution is 2.21. The van der Waals surface area contributed by atoms with Gasteiger partial charge < -0.3 is 4.90 Å². The zero-order valence-electron chi connectivity index (χ0n) is 14.2. The van der Waals surface area contributed by atoms with Crippen LogP contribution in [0.3, 0.4) is 0 Å². The summed E-state index contributed by atoms with van der Waals surface area (Å²) >= 11 is 0. The quantitative estimate of drug-likeness (QED) is 0.579. The van der Waals surface area contributed by atoms with E-state index in [1.807, 2.05) is 12.1 Å². The first-order valence-electron chi connectivity index (χ1n) is 8.72. The molecule has 0 saturated carbocycles. The van der Waals surface area contributed by atoms with E-state index in [-0.39, 0.29) is 5.56 Å². The highest BCUT2D eigenvalue weighted by atomic mass is 16.1. The van der Waals surface area contributed by atoms with Crippen molar-refractivity contribution < 1.29 is 0 Å². The maximum absolute atomic E-state index is 12.4. The lowest BCUT2D eigenvalue weighted by Gasteiger charge is -2.15. The van der Waals surface area contributed by atoms with Crippen molar-refractivity contribution in [1.29, 1.82) is 0 Å². The van der Waals surface area contributed by atoms with E-state index in [1.54, 1.807) is 23.0 Å². The Bertz CT molecular complexity index is 752. The van der Waals surface area contributed by atoms with Crippen molar-refractivity contribution in [2.75, 3.05) is 18.0 Å². The Morgan fingerprint density at radius 3 is 2.79 bits per heavy atom. The Balaban J connectivity index is 1.75. The summed E-state index contributed by atoms with van der Waals surface area (Å²) in [6, 6.07) is 5.38. The van der Waals surface area contributed by atoms with Gasteiger partial charge in [-0.1, -0.05) is 31.9 Å². The van der Waals surface area contributed by atoms with E-state index in [4.69, 9.17) is 4.98 Å². The normalized spacial score (nSPS) is 13.6. The molecule has 0 unspecified atom stereocenters. The molecule has 5 nitrogen and oxygen atoms in total. The Morgan fingerprint density at radius 2 is 2.00 bits per heavy atom. The summed E-state index contributed by atoms with van der Waals surface area (Å²) < 4.78 is 1.76. The molecule has 2 aromatic rings. The molecule has 5 heteroatoms. The van der Waals surface area contributed by atoms with Crippen molar-refractivity contribution in [3.63, 3.8) is 0 Å². The number of fused-ring (bicyclic) bond motifs is 1. The van der Waals surface area contributed by atoms with Gasteiger partial charge in [0.1, 0.15) is 0 Å². The lowest BCUT2D eigenvalue weighted by atomic mass is 10.2. The second kappa shape index (κ2) is 7.90. The summed E-state index contributed by atoms with van der Waals surface area (Å²) in [5.74, 6) is 0.771. The van der Waals surface area contributed by atoms with E-state index in [0.29, 0.717) is 12.2 Å². The Kier molecular flexibility index (Phi) is 5.41. The van der Waals surface area contributed by atoms with Crippen molar-refractivity contribution in [3.8, 4) is 11.3 Å². The fraction of sp³-hybridized carbons (Fsp3) is 0.421. The average molecular weight is 324 g/mol. The van der Waals surface area contributed by atoms with Gasteiger partial charge in [-0.25, -0.2) is 4.98 Å². The largest absolute Gasteiger partial charge is 0.337 e. The van der Waals surface area contributed by atoms with Gasteiger partial charge in [-0.05, 0) is 25.0 Å². The molecule has 0 atom stereocenters. The van der Waals surface area contributed by atoms with Crippen LogP contribution in [0.4, 0.5) is 5.95 Å². The van der Waals surface area contributed by atoms with Crippen LogP contribution in [0.2, 0.25) is 0 Å². The molecule has 0 aromatic carbocycles. The third-order valence-electron chi connectivity index (χ3n) is 4.31. The molecule has 0 N–H and O–H groups in total. The molecular formula is C19H24N4O. The first kappa shape index (κ1) is 16.4. The summed E-state index contributed by atoms with van der Waals surface area (Å²) in [7, 11) is 0. The minimum absolute atomic E-state index is 0.0150. The number of aromatic nitrogens is 3. The van der Waals surface area contributed by atoms with Gasteiger partial charge in [0, 0.05) is 43.7 Å². The Morgan fingerprint density at radius 1 is 1.17 bits per heavy atom. The van der Waals surface area contributed by atoms with E-state index in [1.165, 1.54) is 19.3 Å². The van der Waals surface area contributed by atoms with E-state index >= 15 is 0 Å². The van der Waals surface area contributed by atoms with Crippen LogP contribution in [0.25, 0.3) is 11.3 Å². The minimum atomic E-state index is 0.0150. The molecule has 0 fully saturated rings. The lowest BCUT2D eigenvalue weighted by molar-refractivity contribution is 0.727. The number of anilines is 1. The molecule has 3 heterocycles.